The molecule has 3 aliphatic rings. The van der Waals surface area contributed by atoms with Crippen LogP contribution >= 0.6 is 11.6 Å². The molecular formula is C14H17ClO2. The third kappa shape index (κ3) is 1.88. The normalized spacial score (nSPS) is 36.6. The van der Waals surface area contributed by atoms with Gasteiger partial charge in [0.25, 0.3) is 0 Å². The summed E-state index contributed by atoms with van der Waals surface area (Å²) in [5.74, 6) is 0.919. The maximum absolute atomic E-state index is 10.2. The van der Waals surface area contributed by atoms with Crippen LogP contribution < -0.4 is 0 Å². The van der Waals surface area contributed by atoms with Gasteiger partial charge in [0, 0.05) is 5.02 Å². The van der Waals surface area contributed by atoms with E-state index in [4.69, 9.17) is 11.6 Å². The van der Waals surface area contributed by atoms with Crippen molar-refractivity contribution in [3.63, 3.8) is 0 Å². The largest absolute Gasteiger partial charge is 0.390 e. The molecule has 0 amide bonds. The molecule has 2 unspecified atom stereocenters. The van der Waals surface area contributed by atoms with E-state index in [0.717, 1.165) is 24.8 Å². The molecule has 0 aliphatic heterocycles. The Labute approximate surface area is 106 Å². The van der Waals surface area contributed by atoms with Gasteiger partial charge in [-0.2, -0.15) is 0 Å². The summed E-state index contributed by atoms with van der Waals surface area (Å²) in [6.45, 7) is 0. The molecule has 0 spiro atoms. The number of hydrogen-bond acceptors (Lipinski definition) is 2. The highest BCUT2D eigenvalue weighted by Crippen LogP contribution is 2.57. The van der Waals surface area contributed by atoms with E-state index in [1.807, 2.05) is 18.2 Å². The van der Waals surface area contributed by atoms with Gasteiger partial charge in [-0.3, -0.25) is 0 Å². The fourth-order valence-corrected chi connectivity index (χ4v) is 3.78. The van der Waals surface area contributed by atoms with Crippen LogP contribution in [-0.4, -0.2) is 15.8 Å². The monoisotopic (exact) mass is 252 g/mol. The molecule has 0 aromatic heterocycles. The predicted octanol–water partition coefficient (Wildman–Crippen LogP) is 2.92. The first kappa shape index (κ1) is 11.5. The van der Waals surface area contributed by atoms with Crippen LogP contribution in [0.3, 0.4) is 0 Å². The van der Waals surface area contributed by atoms with Crippen LogP contribution in [0.4, 0.5) is 0 Å². The van der Waals surface area contributed by atoms with Gasteiger partial charge in [0.15, 0.2) is 0 Å². The summed E-state index contributed by atoms with van der Waals surface area (Å²) in [6.07, 6.45) is 2.96. The van der Waals surface area contributed by atoms with E-state index in [1.54, 1.807) is 6.07 Å². The molecule has 3 aliphatic carbocycles. The van der Waals surface area contributed by atoms with Crippen LogP contribution in [0, 0.1) is 11.8 Å². The molecule has 2 atom stereocenters. The highest BCUT2D eigenvalue weighted by atomic mass is 35.5. The van der Waals surface area contributed by atoms with Crippen molar-refractivity contribution in [2.24, 2.45) is 11.8 Å². The van der Waals surface area contributed by atoms with E-state index in [2.05, 4.69) is 0 Å². The van der Waals surface area contributed by atoms with Crippen LogP contribution in [0.25, 0.3) is 0 Å². The van der Waals surface area contributed by atoms with Gasteiger partial charge in [0.05, 0.1) is 11.7 Å². The summed E-state index contributed by atoms with van der Waals surface area (Å²) in [7, 11) is 0. The number of rotatable bonds is 3. The van der Waals surface area contributed by atoms with E-state index in [0.29, 0.717) is 17.4 Å². The summed E-state index contributed by atoms with van der Waals surface area (Å²) < 4.78 is 0. The fraction of sp³-hybridized carbons (Fsp3) is 0.571. The Morgan fingerprint density at radius 2 is 2.06 bits per heavy atom. The maximum atomic E-state index is 10.2. The highest BCUT2D eigenvalue weighted by molar-refractivity contribution is 6.31. The van der Waals surface area contributed by atoms with Gasteiger partial charge in [-0.25, -0.2) is 0 Å². The van der Waals surface area contributed by atoms with Gasteiger partial charge >= 0.3 is 0 Å². The summed E-state index contributed by atoms with van der Waals surface area (Å²) in [5.41, 5.74) is 0.286. The van der Waals surface area contributed by atoms with Crippen molar-refractivity contribution in [2.45, 2.75) is 37.4 Å². The minimum Gasteiger partial charge on any atom is -0.390 e. The van der Waals surface area contributed by atoms with Crippen molar-refractivity contribution in [3.8, 4) is 0 Å². The lowest BCUT2D eigenvalue weighted by molar-refractivity contribution is -0.0594. The number of aliphatic hydroxyl groups excluding tert-OH is 1. The molecule has 1 aromatic carbocycles. The molecule has 4 rings (SSSR count). The van der Waals surface area contributed by atoms with Gasteiger partial charge in [-0.05, 0) is 49.1 Å². The first-order valence-electron chi connectivity index (χ1n) is 6.23. The smallest absolute Gasteiger partial charge is 0.0808 e. The Morgan fingerprint density at radius 3 is 2.65 bits per heavy atom. The fourth-order valence-electron chi connectivity index (χ4n) is 3.52. The SMILES string of the molecule is OC(CC1CC2CC1(O)C2)c1ccccc1Cl. The predicted molar refractivity (Wildman–Crippen MR) is 66.8 cm³/mol. The minimum absolute atomic E-state index is 0.235. The Kier molecular flexibility index (Phi) is 2.69. The summed E-state index contributed by atoms with van der Waals surface area (Å²) >= 11 is 6.06. The molecule has 0 heterocycles. The number of halogens is 1. The second-order valence-electron chi connectivity index (χ2n) is 5.58. The third-order valence-corrected chi connectivity index (χ3v) is 4.78. The van der Waals surface area contributed by atoms with Gasteiger partial charge in [-0.15, -0.1) is 0 Å². The average Bonchev–Trinajstić information content (AvgIpc) is 2.70. The lowest BCUT2D eigenvalue weighted by atomic mass is 9.76. The topological polar surface area (TPSA) is 40.5 Å². The quantitative estimate of drug-likeness (QED) is 0.869. The second-order valence-corrected chi connectivity index (χ2v) is 5.99. The Morgan fingerprint density at radius 1 is 1.35 bits per heavy atom. The first-order valence-corrected chi connectivity index (χ1v) is 6.61. The van der Waals surface area contributed by atoms with Crippen molar-refractivity contribution in [3.05, 3.63) is 34.9 Å². The number of benzene rings is 1. The molecule has 0 saturated heterocycles. The van der Waals surface area contributed by atoms with Crippen molar-refractivity contribution in [2.75, 3.05) is 0 Å². The molecular weight excluding hydrogens is 236 g/mol. The molecule has 17 heavy (non-hydrogen) atoms. The van der Waals surface area contributed by atoms with Crippen molar-refractivity contribution in [1.82, 2.24) is 0 Å². The van der Waals surface area contributed by atoms with Gasteiger partial charge in [-0.1, -0.05) is 29.8 Å². The Balaban J connectivity index is 1.72. The number of fused-ring (bicyclic) bond motifs is 1. The molecule has 0 radical (unpaired) electrons. The van der Waals surface area contributed by atoms with E-state index < -0.39 is 11.7 Å². The Bertz CT molecular complexity index is 426. The molecule has 92 valence electrons. The molecule has 1 aromatic rings. The lowest BCUT2D eigenvalue weighted by Crippen LogP contribution is -2.39. The van der Waals surface area contributed by atoms with Crippen LogP contribution in [0.5, 0.6) is 0 Å². The average molecular weight is 253 g/mol. The van der Waals surface area contributed by atoms with Gasteiger partial charge in [0.2, 0.25) is 0 Å². The standard InChI is InChI=1S/C14H17ClO2/c15-12-4-2-1-3-11(12)13(16)6-10-5-9-7-14(10,17)8-9/h1-4,9-10,13,16-17H,5-8H2. The van der Waals surface area contributed by atoms with Gasteiger partial charge < -0.3 is 10.2 Å². The second kappa shape index (κ2) is 3.98. The van der Waals surface area contributed by atoms with Crippen molar-refractivity contribution >= 4 is 11.6 Å². The molecule has 3 heteroatoms. The summed E-state index contributed by atoms with van der Waals surface area (Å²) in [4.78, 5) is 0. The zero-order valence-electron chi connectivity index (χ0n) is 9.64. The third-order valence-electron chi connectivity index (χ3n) is 4.43. The lowest BCUT2D eigenvalue weighted by Gasteiger charge is -2.36. The van der Waals surface area contributed by atoms with Crippen molar-refractivity contribution in [1.29, 1.82) is 0 Å². The Hall–Kier alpha value is -0.570. The molecule has 2 N–H and O–H groups in total. The van der Waals surface area contributed by atoms with Crippen molar-refractivity contribution < 1.29 is 10.2 Å². The van der Waals surface area contributed by atoms with E-state index in [9.17, 15) is 10.2 Å². The van der Waals surface area contributed by atoms with Crippen LogP contribution in [0.2, 0.25) is 5.02 Å². The number of aliphatic hydroxyl groups is 2. The summed E-state index contributed by atoms with van der Waals surface area (Å²) in [5, 5.41) is 21.1. The van der Waals surface area contributed by atoms with E-state index >= 15 is 0 Å². The van der Waals surface area contributed by atoms with Crippen LogP contribution in [-0.2, 0) is 0 Å². The maximum Gasteiger partial charge on any atom is 0.0808 e. The first-order chi connectivity index (χ1) is 8.08. The molecule has 2 nitrogen and oxygen atoms in total. The number of hydrogen-bond donors (Lipinski definition) is 2. The van der Waals surface area contributed by atoms with Crippen LogP contribution in [0.1, 0.15) is 37.4 Å². The highest BCUT2D eigenvalue weighted by Gasteiger charge is 2.56. The summed E-state index contributed by atoms with van der Waals surface area (Å²) in [6, 6.07) is 7.39. The molecule has 3 saturated carbocycles. The zero-order chi connectivity index (χ0) is 12.0. The minimum atomic E-state index is -0.558. The van der Waals surface area contributed by atoms with Gasteiger partial charge in [0.1, 0.15) is 0 Å². The van der Waals surface area contributed by atoms with Crippen LogP contribution in [0.15, 0.2) is 24.3 Å². The zero-order valence-corrected chi connectivity index (χ0v) is 10.4. The van der Waals surface area contributed by atoms with E-state index in [-0.39, 0.29) is 5.92 Å². The molecule has 2 bridgehead atoms. The van der Waals surface area contributed by atoms with E-state index in [1.165, 1.54) is 0 Å². The molecule has 3 fully saturated rings.